The number of aromatic amines is 1. The van der Waals surface area contributed by atoms with E-state index in [0.717, 1.165) is 27.7 Å². The summed E-state index contributed by atoms with van der Waals surface area (Å²) in [7, 11) is 0. The summed E-state index contributed by atoms with van der Waals surface area (Å²) >= 11 is 12.7. The number of H-pyrrole nitrogens is 1. The van der Waals surface area contributed by atoms with Crippen LogP contribution in [-0.2, 0) is 17.8 Å². The van der Waals surface area contributed by atoms with E-state index in [4.69, 9.17) is 28.2 Å². The molecule has 5 rings (SSSR count). The Balaban J connectivity index is 1.70. The smallest absolute Gasteiger partial charge is 0.324 e. The fourth-order valence-electron chi connectivity index (χ4n) is 4.18. The van der Waals surface area contributed by atoms with Crippen LogP contribution in [0.4, 0.5) is 5.69 Å². The monoisotopic (exact) mass is 478 g/mol. The summed E-state index contributed by atoms with van der Waals surface area (Å²) in [6, 6.07) is 17.7. The Bertz CT molecular complexity index is 1490. The molecule has 0 bridgehead atoms. The van der Waals surface area contributed by atoms with Crippen LogP contribution >= 0.6 is 23.2 Å². The number of benzodiazepines with no additional fused rings is 1. The molecule has 1 atom stereocenters. The van der Waals surface area contributed by atoms with Crippen LogP contribution in [0.3, 0.4) is 0 Å². The molecule has 0 saturated carbocycles. The van der Waals surface area contributed by atoms with Gasteiger partial charge in [0.05, 0.1) is 22.4 Å². The number of benzene rings is 3. The second-order valence-corrected chi connectivity index (χ2v) is 8.72. The van der Waals surface area contributed by atoms with E-state index in [1.807, 2.05) is 43.3 Å². The minimum absolute atomic E-state index is 0.163. The SMILES string of the molecule is CCn1c(=O)[nH]c2ccc(C3=NC(Cc4ccccc4Cl)C(=O)Nc4ccc(Cl)cc43)cc21. The van der Waals surface area contributed by atoms with E-state index >= 15 is 0 Å². The van der Waals surface area contributed by atoms with Gasteiger partial charge < -0.3 is 10.3 Å². The first-order valence-electron chi connectivity index (χ1n) is 10.6. The van der Waals surface area contributed by atoms with E-state index in [1.54, 1.807) is 28.8 Å². The molecule has 1 aliphatic rings. The molecule has 166 valence electrons. The third-order valence-corrected chi connectivity index (χ3v) is 6.42. The number of halogens is 2. The summed E-state index contributed by atoms with van der Waals surface area (Å²) in [5.74, 6) is -0.221. The Hall–Kier alpha value is -3.35. The number of nitrogens with one attached hydrogen (secondary N) is 2. The van der Waals surface area contributed by atoms with E-state index < -0.39 is 6.04 Å². The van der Waals surface area contributed by atoms with Gasteiger partial charge in [0.25, 0.3) is 0 Å². The molecule has 1 unspecified atom stereocenters. The van der Waals surface area contributed by atoms with Gasteiger partial charge in [-0.25, -0.2) is 4.79 Å². The van der Waals surface area contributed by atoms with Gasteiger partial charge in [-0.15, -0.1) is 0 Å². The highest BCUT2D eigenvalue weighted by Crippen LogP contribution is 2.29. The number of hydrogen-bond donors (Lipinski definition) is 2. The lowest BCUT2D eigenvalue weighted by molar-refractivity contribution is -0.117. The third-order valence-electron chi connectivity index (χ3n) is 5.82. The van der Waals surface area contributed by atoms with Crippen LogP contribution < -0.4 is 11.0 Å². The summed E-state index contributed by atoms with van der Waals surface area (Å²) in [6.45, 7) is 2.45. The summed E-state index contributed by atoms with van der Waals surface area (Å²) in [5, 5.41) is 4.11. The van der Waals surface area contributed by atoms with Gasteiger partial charge in [0.15, 0.2) is 0 Å². The van der Waals surface area contributed by atoms with Gasteiger partial charge >= 0.3 is 5.69 Å². The van der Waals surface area contributed by atoms with Crippen molar-refractivity contribution in [1.82, 2.24) is 9.55 Å². The fraction of sp³-hybridized carbons (Fsp3) is 0.160. The summed E-state index contributed by atoms with van der Waals surface area (Å²) in [6.07, 6.45) is 0.350. The van der Waals surface area contributed by atoms with Gasteiger partial charge in [-0.2, -0.15) is 0 Å². The number of nitrogens with zero attached hydrogens (tertiary/aromatic N) is 2. The summed E-state index contributed by atoms with van der Waals surface area (Å²) in [5.41, 5.74) is 4.96. The molecule has 4 aromatic rings. The molecule has 0 saturated heterocycles. The van der Waals surface area contributed by atoms with Gasteiger partial charge in [0, 0.05) is 34.1 Å². The number of aliphatic imine (C=N–C) groups is 1. The molecule has 2 heterocycles. The third kappa shape index (κ3) is 3.96. The van der Waals surface area contributed by atoms with Crippen molar-refractivity contribution in [3.8, 4) is 0 Å². The van der Waals surface area contributed by atoms with E-state index in [9.17, 15) is 9.59 Å². The molecule has 1 amide bonds. The molecular formula is C25H20Cl2N4O2. The zero-order chi connectivity index (χ0) is 23.1. The van der Waals surface area contributed by atoms with Crippen LogP contribution in [0.15, 0.2) is 70.5 Å². The van der Waals surface area contributed by atoms with Gasteiger partial charge in [-0.3, -0.25) is 14.4 Å². The molecular weight excluding hydrogens is 459 g/mol. The van der Waals surface area contributed by atoms with Crippen molar-refractivity contribution in [2.75, 3.05) is 5.32 Å². The van der Waals surface area contributed by atoms with Gasteiger partial charge in [-0.1, -0.05) is 47.5 Å². The van der Waals surface area contributed by atoms with Crippen molar-refractivity contribution >= 4 is 51.5 Å². The van der Waals surface area contributed by atoms with Crippen LogP contribution in [0.25, 0.3) is 11.0 Å². The Labute approximate surface area is 199 Å². The number of aromatic nitrogens is 2. The molecule has 1 aromatic heterocycles. The van der Waals surface area contributed by atoms with Gasteiger partial charge in [0.1, 0.15) is 6.04 Å². The molecule has 0 aliphatic carbocycles. The number of anilines is 1. The summed E-state index contributed by atoms with van der Waals surface area (Å²) in [4.78, 5) is 33.2. The quantitative estimate of drug-likeness (QED) is 0.429. The van der Waals surface area contributed by atoms with E-state index in [-0.39, 0.29) is 11.6 Å². The molecule has 2 N–H and O–H groups in total. The van der Waals surface area contributed by atoms with E-state index in [2.05, 4.69) is 10.3 Å². The minimum Gasteiger partial charge on any atom is -0.324 e. The van der Waals surface area contributed by atoms with Crippen LogP contribution in [-0.4, -0.2) is 27.2 Å². The highest BCUT2D eigenvalue weighted by Gasteiger charge is 2.27. The maximum Gasteiger partial charge on any atom is 0.326 e. The maximum absolute atomic E-state index is 13.1. The molecule has 0 radical (unpaired) electrons. The highest BCUT2D eigenvalue weighted by atomic mass is 35.5. The largest absolute Gasteiger partial charge is 0.326 e. The van der Waals surface area contributed by atoms with Crippen molar-refractivity contribution in [2.45, 2.75) is 25.9 Å². The maximum atomic E-state index is 13.1. The lowest BCUT2D eigenvalue weighted by atomic mass is 9.99. The number of amides is 1. The molecule has 6 nitrogen and oxygen atoms in total. The lowest BCUT2D eigenvalue weighted by Crippen LogP contribution is -2.27. The van der Waals surface area contributed by atoms with Crippen LogP contribution in [0.1, 0.15) is 23.6 Å². The molecule has 8 heteroatoms. The highest BCUT2D eigenvalue weighted by molar-refractivity contribution is 6.32. The first-order chi connectivity index (χ1) is 15.9. The second-order valence-electron chi connectivity index (χ2n) is 7.87. The average Bonchev–Trinajstić information content (AvgIpc) is 3.05. The van der Waals surface area contributed by atoms with Crippen molar-refractivity contribution in [3.63, 3.8) is 0 Å². The Morgan fingerprint density at radius 2 is 1.85 bits per heavy atom. The molecule has 33 heavy (non-hydrogen) atoms. The van der Waals surface area contributed by atoms with Crippen molar-refractivity contribution < 1.29 is 4.79 Å². The second kappa shape index (κ2) is 8.54. The topological polar surface area (TPSA) is 79.2 Å². The van der Waals surface area contributed by atoms with Crippen molar-refractivity contribution in [3.05, 3.63) is 97.9 Å². The number of hydrogen-bond acceptors (Lipinski definition) is 3. The predicted molar refractivity (Wildman–Crippen MR) is 133 cm³/mol. The van der Waals surface area contributed by atoms with Crippen LogP contribution in [0.2, 0.25) is 10.0 Å². The molecule has 3 aromatic carbocycles. The zero-order valence-electron chi connectivity index (χ0n) is 17.7. The first-order valence-corrected chi connectivity index (χ1v) is 11.3. The number of aryl methyl sites for hydroxylation is 1. The first kappa shape index (κ1) is 21.5. The molecule has 1 aliphatic heterocycles. The number of carbonyl (C=O) groups is 1. The standard InChI is InChI=1S/C25H20Cl2N4O2/c1-2-31-22-12-15(7-9-20(22)30-25(31)33)23-17-13-16(26)8-10-19(17)29-24(32)21(28-23)11-14-5-3-4-6-18(14)27/h3-10,12-13,21H,2,11H2,1H3,(H,29,32)(H,30,33). The van der Waals surface area contributed by atoms with E-state index in [1.165, 1.54) is 0 Å². The zero-order valence-corrected chi connectivity index (χ0v) is 19.2. The fourth-order valence-corrected chi connectivity index (χ4v) is 4.56. The van der Waals surface area contributed by atoms with Gasteiger partial charge in [-0.05, 0) is 48.9 Å². The number of imidazole rings is 1. The minimum atomic E-state index is -0.693. The van der Waals surface area contributed by atoms with Gasteiger partial charge in [0.2, 0.25) is 5.91 Å². The number of carbonyl (C=O) groups excluding carboxylic acids is 1. The van der Waals surface area contributed by atoms with E-state index in [0.29, 0.717) is 34.4 Å². The van der Waals surface area contributed by atoms with Crippen molar-refractivity contribution in [2.24, 2.45) is 4.99 Å². The Morgan fingerprint density at radius 3 is 2.64 bits per heavy atom. The lowest BCUT2D eigenvalue weighted by Gasteiger charge is -2.12. The normalized spacial score (nSPS) is 15.7. The average molecular weight is 479 g/mol. The number of fused-ring (bicyclic) bond motifs is 2. The van der Waals surface area contributed by atoms with Crippen molar-refractivity contribution in [1.29, 1.82) is 0 Å². The van der Waals surface area contributed by atoms with Crippen LogP contribution in [0.5, 0.6) is 0 Å². The summed E-state index contributed by atoms with van der Waals surface area (Å²) < 4.78 is 1.67. The number of rotatable bonds is 4. The molecule has 0 fully saturated rings. The Morgan fingerprint density at radius 1 is 1.03 bits per heavy atom. The Kier molecular flexibility index (Phi) is 5.56. The predicted octanol–water partition coefficient (Wildman–Crippen LogP) is 5.06. The molecule has 0 spiro atoms. The van der Waals surface area contributed by atoms with Crippen LogP contribution in [0, 0.1) is 0 Å².